The number of rotatable bonds is 7. The number of nitrogens with zero attached hydrogens (tertiary/aromatic N) is 2. The molecule has 1 N–H and O–H groups in total. The molecular weight excluding hydrogens is 518 g/mol. The fourth-order valence-electron chi connectivity index (χ4n) is 4.96. The zero-order valence-corrected chi connectivity index (χ0v) is 22.5. The van der Waals surface area contributed by atoms with Crippen molar-refractivity contribution < 1.29 is 27.5 Å². The third-order valence-corrected chi connectivity index (χ3v) is 8.95. The number of para-hydroxylation sites is 2. The number of ether oxygens (including phenoxy) is 2. The van der Waals surface area contributed by atoms with Crippen LogP contribution in [-0.2, 0) is 26.2 Å². The minimum atomic E-state index is -3.78. The van der Waals surface area contributed by atoms with Crippen LogP contribution in [0.1, 0.15) is 18.4 Å². The maximum atomic E-state index is 13.9. The Balaban J connectivity index is 1.32. The summed E-state index contributed by atoms with van der Waals surface area (Å²) in [5, 5.41) is 2.89. The zero-order chi connectivity index (χ0) is 27.4. The van der Waals surface area contributed by atoms with Crippen molar-refractivity contribution in [3.63, 3.8) is 0 Å². The Morgan fingerprint density at radius 2 is 1.69 bits per heavy atom. The van der Waals surface area contributed by atoms with Gasteiger partial charge >= 0.3 is 0 Å². The molecule has 2 aliphatic heterocycles. The highest BCUT2D eigenvalue weighted by Gasteiger charge is 2.39. The van der Waals surface area contributed by atoms with Crippen molar-refractivity contribution >= 4 is 27.5 Å². The third-order valence-electron chi connectivity index (χ3n) is 7.07. The van der Waals surface area contributed by atoms with Gasteiger partial charge in [-0.05, 0) is 54.8 Å². The van der Waals surface area contributed by atoms with Crippen LogP contribution in [-0.4, -0.2) is 57.4 Å². The van der Waals surface area contributed by atoms with Crippen molar-refractivity contribution in [1.29, 1.82) is 0 Å². The van der Waals surface area contributed by atoms with E-state index in [1.807, 2.05) is 30.3 Å². The molecular formula is C29H31N3O6S. The zero-order valence-electron chi connectivity index (χ0n) is 21.7. The number of hydrogen-bond donors (Lipinski definition) is 1. The molecule has 0 aliphatic carbocycles. The normalized spacial score (nSPS) is 19.5. The van der Waals surface area contributed by atoms with Gasteiger partial charge in [-0.15, -0.1) is 0 Å². The van der Waals surface area contributed by atoms with E-state index in [1.54, 1.807) is 41.3 Å². The van der Waals surface area contributed by atoms with Gasteiger partial charge in [-0.1, -0.05) is 42.5 Å². The number of methoxy groups -OCH3 is 1. The number of carbonyl (C=O) groups is 2. The van der Waals surface area contributed by atoms with Crippen LogP contribution in [0.3, 0.4) is 0 Å². The van der Waals surface area contributed by atoms with Crippen molar-refractivity contribution in [2.45, 2.75) is 30.4 Å². The molecule has 0 saturated carbocycles. The van der Waals surface area contributed by atoms with E-state index in [0.29, 0.717) is 43.1 Å². The van der Waals surface area contributed by atoms with E-state index in [0.717, 1.165) is 5.56 Å². The average molecular weight is 550 g/mol. The van der Waals surface area contributed by atoms with Gasteiger partial charge in [0.1, 0.15) is 11.5 Å². The molecule has 9 nitrogen and oxygen atoms in total. The summed E-state index contributed by atoms with van der Waals surface area (Å²) in [4.78, 5) is 28.6. The summed E-state index contributed by atoms with van der Waals surface area (Å²) in [7, 11) is -2.26. The molecule has 5 rings (SSSR count). The van der Waals surface area contributed by atoms with Crippen LogP contribution in [0.25, 0.3) is 0 Å². The molecule has 39 heavy (non-hydrogen) atoms. The first-order chi connectivity index (χ1) is 18.9. The molecule has 204 valence electrons. The van der Waals surface area contributed by atoms with Crippen LogP contribution in [0.4, 0.5) is 5.69 Å². The second-order valence-electron chi connectivity index (χ2n) is 9.60. The lowest BCUT2D eigenvalue weighted by Gasteiger charge is -2.38. The molecule has 0 spiro atoms. The molecule has 10 heteroatoms. The number of fused-ring (bicyclic) bond motifs is 1. The van der Waals surface area contributed by atoms with Gasteiger partial charge in [-0.25, -0.2) is 8.42 Å². The smallest absolute Gasteiger partial charge is 0.263 e. The van der Waals surface area contributed by atoms with E-state index < -0.39 is 22.0 Å². The van der Waals surface area contributed by atoms with Gasteiger partial charge in [-0.2, -0.15) is 4.31 Å². The summed E-state index contributed by atoms with van der Waals surface area (Å²) >= 11 is 0. The molecule has 2 amide bonds. The standard InChI is InChI=1S/C29H31N3O6S/c1-37-23-13-15-24(16-14-23)39(35,36)31-17-7-10-22(19-31)29(34)32-20-27(38-26-12-6-5-11-25(26)32)28(33)30-18-21-8-3-2-4-9-21/h2-6,8-9,11-16,22,27H,7,10,17-20H2,1H3,(H,30,33)/t22-,27+/m0/s1. The van der Waals surface area contributed by atoms with Gasteiger partial charge < -0.3 is 19.7 Å². The number of anilines is 1. The molecule has 2 aliphatic rings. The van der Waals surface area contributed by atoms with Crippen molar-refractivity contribution in [1.82, 2.24) is 9.62 Å². The van der Waals surface area contributed by atoms with E-state index >= 15 is 0 Å². The highest BCUT2D eigenvalue weighted by molar-refractivity contribution is 7.89. The molecule has 2 heterocycles. The number of hydrogen-bond acceptors (Lipinski definition) is 6. The summed E-state index contributed by atoms with van der Waals surface area (Å²) in [6.45, 7) is 0.786. The Morgan fingerprint density at radius 1 is 0.974 bits per heavy atom. The van der Waals surface area contributed by atoms with E-state index in [9.17, 15) is 18.0 Å². The molecule has 1 saturated heterocycles. The molecule has 0 aromatic heterocycles. The number of piperidine rings is 1. The number of carbonyl (C=O) groups excluding carboxylic acids is 2. The molecule has 0 radical (unpaired) electrons. The van der Waals surface area contributed by atoms with Gasteiger partial charge in [0.25, 0.3) is 5.91 Å². The molecule has 3 aromatic carbocycles. The predicted molar refractivity (Wildman–Crippen MR) is 146 cm³/mol. The Bertz CT molecular complexity index is 1430. The van der Waals surface area contributed by atoms with E-state index in [2.05, 4.69) is 5.32 Å². The third kappa shape index (κ3) is 5.76. The van der Waals surface area contributed by atoms with E-state index in [4.69, 9.17) is 9.47 Å². The first-order valence-corrected chi connectivity index (χ1v) is 14.3. The Kier molecular flexibility index (Phi) is 7.85. The summed E-state index contributed by atoms with van der Waals surface area (Å²) in [5.74, 6) is -0.0878. The van der Waals surface area contributed by atoms with Gasteiger partial charge in [0, 0.05) is 19.6 Å². The number of amides is 2. The molecule has 2 atom stereocenters. The molecule has 3 aromatic rings. The molecule has 0 unspecified atom stereocenters. The summed E-state index contributed by atoms with van der Waals surface area (Å²) < 4.78 is 39.2. The summed E-state index contributed by atoms with van der Waals surface area (Å²) in [6, 6.07) is 22.9. The second kappa shape index (κ2) is 11.5. The lowest BCUT2D eigenvalue weighted by atomic mass is 9.97. The fourth-order valence-corrected chi connectivity index (χ4v) is 6.48. The lowest BCUT2D eigenvalue weighted by molar-refractivity contribution is -0.129. The van der Waals surface area contributed by atoms with Crippen LogP contribution in [0.2, 0.25) is 0 Å². The predicted octanol–water partition coefficient (Wildman–Crippen LogP) is 3.21. The Morgan fingerprint density at radius 3 is 2.44 bits per heavy atom. The first-order valence-electron chi connectivity index (χ1n) is 12.9. The van der Waals surface area contributed by atoms with Gasteiger partial charge in [0.05, 0.1) is 30.2 Å². The highest BCUT2D eigenvalue weighted by atomic mass is 32.2. The van der Waals surface area contributed by atoms with Crippen molar-refractivity contribution in [2.75, 3.05) is 31.6 Å². The van der Waals surface area contributed by atoms with E-state index in [1.165, 1.54) is 23.5 Å². The summed E-state index contributed by atoms with van der Waals surface area (Å²) in [6.07, 6.45) is 0.215. The van der Waals surface area contributed by atoms with Gasteiger partial charge in [-0.3, -0.25) is 9.59 Å². The van der Waals surface area contributed by atoms with Crippen molar-refractivity contribution in [3.8, 4) is 11.5 Å². The van der Waals surface area contributed by atoms with Gasteiger partial charge in [0.2, 0.25) is 15.9 Å². The van der Waals surface area contributed by atoms with E-state index in [-0.39, 0.29) is 29.8 Å². The Labute approximate surface area is 228 Å². The topological polar surface area (TPSA) is 105 Å². The van der Waals surface area contributed by atoms with Crippen LogP contribution >= 0.6 is 0 Å². The van der Waals surface area contributed by atoms with Crippen LogP contribution in [0.15, 0.2) is 83.8 Å². The first kappa shape index (κ1) is 26.7. The average Bonchev–Trinajstić information content (AvgIpc) is 2.99. The summed E-state index contributed by atoms with van der Waals surface area (Å²) in [5.41, 5.74) is 1.53. The number of benzene rings is 3. The highest BCUT2D eigenvalue weighted by Crippen LogP contribution is 2.35. The Hall–Kier alpha value is -3.89. The van der Waals surface area contributed by atoms with Crippen molar-refractivity contribution in [2.24, 2.45) is 5.92 Å². The number of nitrogens with one attached hydrogen (secondary N) is 1. The monoisotopic (exact) mass is 549 g/mol. The minimum Gasteiger partial charge on any atom is -0.497 e. The van der Waals surface area contributed by atoms with Gasteiger partial charge in [0.15, 0.2) is 6.10 Å². The van der Waals surface area contributed by atoms with Crippen LogP contribution in [0, 0.1) is 5.92 Å². The van der Waals surface area contributed by atoms with Crippen molar-refractivity contribution in [3.05, 3.63) is 84.4 Å². The fraction of sp³-hybridized carbons (Fsp3) is 0.310. The molecule has 0 bridgehead atoms. The van der Waals surface area contributed by atoms with Crippen LogP contribution in [0.5, 0.6) is 11.5 Å². The SMILES string of the molecule is COc1ccc(S(=O)(=O)N2CCC[C@H](C(=O)N3C[C@H](C(=O)NCc4ccccc4)Oc4ccccc43)C2)cc1. The maximum absolute atomic E-state index is 13.9. The maximum Gasteiger partial charge on any atom is 0.263 e. The lowest BCUT2D eigenvalue weighted by Crippen LogP contribution is -2.53. The second-order valence-corrected chi connectivity index (χ2v) is 11.5. The quantitative estimate of drug-likeness (QED) is 0.485. The largest absolute Gasteiger partial charge is 0.497 e. The minimum absolute atomic E-state index is 0.0399. The number of sulfonamides is 1. The molecule has 1 fully saturated rings. The van der Waals surface area contributed by atoms with Crippen LogP contribution < -0.4 is 19.7 Å².